The van der Waals surface area contributed by atoms with E-state index in [1.54, 1.807) is 36.4 Å². The number of fused-ring (bicyclic) bond motifs is 1. The molecule has 3 N–H and O–H groups in total. The molecule has 1 aromatic carbocycles. The normalized spacial score (nSPS) is 20.2. The molecule has 3 atom stereocenters. The lowest BCUT2D eigenvalue weighted by Gasteiger charge is -2.38. The smallest absolute Gasteiger partial charge is 0.149 e. The van der Waals surface area contributed by atoms with Gasteiger partial charge in [0.05, 0.1) is 18.7 Å². The third-order valence-corrected chi connectivity index (χ3v) is 8.54. The molecule has 0 bridgehead atoms. The van der Waals surface area contributed by atoms with Gasteiger partial charge in [0.1, 0.15) is 10.1 Å². The Morgan fingerprint density at radius 1 is 1.27 bits per heavy atom. The van der Waals surface area contributed by atoms with Gasteiger partial charge in [-0.3, -0.25) is 4.98 Å². The minimum absolute atomic E-state index is 0.199. The van der Waals surface area contributed by atoms with Gasteiger partial charge in [-0.05, 0) is 67.5 Å². The molecule has 178 valence electrons. The monoisotopic (exact) mass is 488 g/mol. The van der Waals surface area contributed by atoms with E-state index in [4.69, 9.17) is 4.74 Å². The van der Waals surface area contributed by atoms with Gasteiger partial charge in [-0.25, -0.2) is 4.98 Å². The first kappa shape index (κ1) is 24.4. The molecular formula is C24H32N4O3S2. The Labute approximate surface area is 203 Å². The minimum Gasteiger partial charge on any atom is -0.497 e. The number of pyridine rings is 1. The highest BCUT2D eigenvalue weighted by Crippen LogP contribution is 2.33. The first-order valence-electron chi connectivity index (χ1n) is 11.4. The van der Waals surface area contributed by atoms with Crippen LogP contribution in [-0.2, 0) is 0 Å². The number of likely N-dealkylation sites (tertiary alicyclic amines) is 1. The van der Waals surface area contributed by atoms with Gasteiger partial charge < -0.3 is 20.0 Å². The lowest BCUT2D eigenvalue weighted by molar-refractivity contribution is 0.0626. The number of hydrogen-bond acceptors (Lipinski definition) is 9. The van der Waals surface area contributed by atoms with Crippen LogP contribution in [0.15, 0.2) is 46.4 Å². The number of benzene rings is 1. The van der Waals surface area contributed by atoms with Crippen molar-refractivity contribution in [3.05, 3.63) is 47.6 Å². The first-order valence-corrected chi connectivity index (χ1v) is 13.3. The van der Waals surface area contributed by atoms with Crippen LogP contribution in [0.1, 0.15) is 30.9 Å². The average molecular weight is 489 g/mol. The van der Waals surface area contributed by atoms with Crippen molar-refractivity contribution in [2.24, 2.45) is 11.8 Å². The lowest BCUT2D eigenvalue weighted by atomic mass is 9.81. The van der Waals surface area contributed by atoms with E-state index in [1.165, 1.54) is 0 Å². The highest BCUT2D eigenvalue weighted by Gasteiger charge is 2.29. The van der Waals surface area contributed by atoms with Crippen molar-refractivity contribution in [3.8, 4) is 5.75 Å². The Morgan fingerprint density at radius 3 is 2.94 bits per heavy atom. The molecule has 4 rings (SSSR count). The molecule has 1 saturated heterocycles. The maximum absolute atomic E-state index is 10.1. The molecule has 1 aliphatic rings. The SMILES string of the molecule is COc1ccc2nccc([C@H](CC[C@@H]3CCN(CCSc4nccs4)C[C@@H]3CO)NO)c2c1. The van der Waals surface area contributed by atoms with Crippen LogP contribution in [0.3, 0.4) is 0 Å². The van der Waals surface area contributed by atoms with Gasteiger partial charge in [0.25, 0.3) is 0 Å². The molecule has 3 heterocycles. The number of aromatic nitrogens is 2. The number of aliphatic hydroxyl groups excluding tert-OH is 1. The summed E-state index contributed by atoms with van der Waals surface area (Å²) in [5, 5.41) is 23.0. The van der Waals surface area contributed by atoms with Crippen LogP contribution in [0.5, 0.6) is 5.75 Å². The van der Waals surface area contributed by atoms with Gasteiger partial charge in [0.15, 0.2) is 0 Å². The van der Waals surface area contributed by atoms with E-state index in [1.807, 2.05) is 35.8 Å². The molecule has 2 aromatic heterocycles. The van der Waals surface area contributed by atoms with Crippen LogP contribution in [0.2, 0.25) is 0 Å². The highest BCUT2D eigenvalue weighted by atomic mass is 32.2. The number of methoxy groups -OCH3 is 1. The van der Waals surface area contributed by atoms with Crippen molar-refractivity contribution in [2.75, 3.05) is 39.1 Å². The fourth-order valence-electron chi connectivity index (χ4n) is 4.74. The van der Waals surface area contributed by atoms with Gasteiger partial charge >= 0.3 is 0 Å². The molecule has 1 fully saturated rings. The van der Waals surface area contributed by atoms with E-state index in [9.17, 15) is 10.3 Å². The van der Waals surface area contributed by atoms with Crippen molar-refractivity contribution >= 4 is 34.0 Å². The van der Waals surface area contributed by atoms with E-state index in [0.29, 0.717) is 5.92 Å². The molecule has 0 spiro atoms. The third kappa shape index (κ3) is 6.23. The molecule has 0 unspecified atom stereocenters. The van der Waals surface area contributed by atoms with Crippen molar-refractivity contribution in [3.63, 3.8) is 0 Å². The Balaban J connectivity index is 1.34. The van der Waals surface area contributed by atoms with E-state index in [-0.39, 0.29) is 18.6 Å². The number of piperidine rings is 1. The predicted molar refractivity (Wildman–Crippen MR) is 133 cm³/mol. The maximum Gasteiger partial charge on any atom is 0.149 e. The zero-order valence-electron chi connectivity index (χ0n) is 18.9. The molecule has 3 aromatic rings. The van der Waals surface area contributed by atoms with Crippen LogP contribution in [0.4, 0.5) is 0 Å². The van der Waals surface area contributed by atoms with Crippen LogP contribution >= 0.6 is 23.1 Å². The number of thiazole rings is 1. The summed E-state index contributed by atoms with van der Waals surface area (Å²) in [6.07, 6.45) is 6.43. The zero-order valence-corrected chi connectivity index (χ0v) is 20.5. The second-order valence-corrected chi connectivity index (χ2v) is 10.7. The Morgan fingerprint density at radius 2 is 2.18 bits per heavy atom. The molecule has 1 aliphatic heterocycles. The summed E-state index contributed by atoms with van der Waals surface area (Å²) in [4.78, 5) is 11.2. The van der Waals surface area contributed by atoms with E-state index in [2.05, 4.69) is 20.3 Å². The molecule has 0 saturated carbocycles. The first-order chi connectivity index (χ1) is 16.2. The molecular weight excluding hydrogens is 456 g/mol. The van der Waals surface area contributed by atoms with Crippen LogP contribution in [0, 0.1) is 11.8 Å². The number of thioether (sulfide) groups is 1. The number of hydrogen-bond donors (Lipinski definition) is 3. The molecule has 9 heteroatoms. The van der Waals surface area contributed by atoms with E-state index < -0.39 is 0 Å². The van der Waals surface area contributed by atoms with E-state index in [0.717, 1.165) is 71.2 Å². The zero-order chi connectivity index (χ0) is 23.0. The van der Waals surface area contributed by atoms with Crippen molar-refractivity contribution < 1.29 is 15.1 Å². The fourth-order valence-corrected chi connectivity index (χ4v) is 6.45. The summed E-state index contributed by atoms with van der Waals surface area (Å²) in [6.45, 7) is 3.19. The van der Waals surface area contributed by atoms with Gasteiger partial charge in [0, 0.05) is 48.6 Å². The summed E-state index contributed by atoms with van der Waals surface area (Å²) in [7, 11) is 1.65. The Hall–Kier alpha value is -1.75. The molecule has 7 nitrogen and oxygen atoms in total. The van der Waals surface area contributed by atoms with Crippen molar-refractivity contribution in [2.45, 2.75) is 29.6 Å². The third-order valence-electron chi connectivity index (χ3n) is 6.59. The van der Waals surface area contributed by atoms with Crippen LogP contribution in [-0.4, -0.2) is 64.3 Å². The average Bonchev–Trinajstić information content (AvgIpc) is 3.38. The summed E-state index contributed by atoms with van der Waals surface area (Å²) < 4.78 is 6.50. The standard InChI is InChI=1S/C24H32N4O3S2/c1-31-19-3-5-22-21(14-19)20(6-8-25-22)23(27-30)4-2-17-7-10-28(15-18(17)16-29)11-13-33-24-26-9-12-32-24/h3,5-6,8-9,12,14,17-18,23,27,29-30H,2,4,7,10-11,13,15-16H2,1H3/t17-,18-,23+/m1/s1. The number of nitrogens with one attached hydrogen (secondary N) is 1. The number of ether oxygens (including phenoxy) is 1. The Bertz CT molecular complexity index is 1000. The number of hydroxylamine groups is 1. The molecule has 0 amide bonds. The predicted octanol–water partition coefficient (Wildman–Crippen LogP) is 4.22. The summed E-state index contributed by atoms with van der Waals surface area (Å²) >= 11 is 3.48. The van der Waals surface area contributed by atoms with Gasteiger partial charge in [-0.2, -0.15) is 5.48 Å². The minimum atomic E-state index is -0.199. The number of aliphatic hydroxyl groups is 1. The summed E-state index contributed by atoms with van der Waals surface area (Å²) in [5.74, 6) is 2.49. The van der Waals surface area contributed by atoms with Gasteiger partial charge in [-0.15, -0.1) is 11.3 Å². The Kier molecular flexibility index (Phi) is 8.94. The number of nitrogens with zero attached hydrogens (tertiary/aromatic N) is 3. The van der Waals surface area contributed by atoms with Gasteiger partial charge in [-0.1, -0.05) is 11.8 Å². The maximum atomic E-state index is 10.1. The second kappa shape index (κ2) is 12.1. The lowest BCUT2D eigenvalue weighted by Crippen LogP contribution is -2.43. The second-order valence-electron chi connectivity index (χ2n) is 8.48. The largest absolute Gasteiger partial charge is 0.497 e. The van der Waals surface area contributed by atoms with Crippen molar-refractivity contribution in [1.29, 1.82) is 0 Å². The molecule has 0 aliphatic carbocycles. The fraction of sp³-hybridized carbons (Fsp3) is 0.500. The highest BCUT2D eigenvalue weighted by molar-refractivity contribution is 8.01. The summed E-state index contributed by atoms with van der Waals surface area (Å²) in [6, 6.07) is 7.57. The van der Waals surface area contributed by atoms with Gasteiger partial charge in [0.2, 0.25) is 0 Å². The van der Waals surface area contributed by atoms with Crippen LogP contribution < -0.4 is 10.2 Å². The van der Waals surface area contributed by atoms with Crippen LogP contribution in [0.25, 0.3) is 10.9 Å². The van der Waals surface area contributed by atoms with E-state index >= 15 is 0 Å². The molecule has 33 heavy (non-hydrogen) atoms. The number of rotatable bonds is 11. The van der Waals surface area contributed by atoms with Crippen molar-refractivity contribution in [1.82, 2.24) is 20.3 Å². The topological polar surface area (TPSA) is 90.7 Å². The summed E-state index contributed by atoms with van der Waals surface area (Å²) in [5.41, 5.74) is 4.41. The molecule has 0 radical (unpaired) electrons. The quantitative estimate of drug-likeness (QED) is 0.273.